The molecule has 1 aromatic heterocycles. The van der Waals surface area contributed by atoms with E-state index >= 15 is 0 Å². The lowest BCUT2D eigenvalue weighted by atomic mass is 9.82. The first-order valence-electron chi connectivity index (χ1n) is 13.7. The van der Waals surface area contributed by atoms with Crippen molar-refractivity contribution in [3.63, 3.8) is 0 Å². The van der Waals surface area contributed by atoms with E-state index in [1.165, 1.54) is 12.1 Å². The van der Waals surface area contributed by atoms with Crippen LogP contribution in [0.2, 0.25) is 0 Å². The summed E-state index contributed by atoms with van der Waals surface area (Å²) in [6.45, 7) is 4.01. The van der Waals surface area contributed by atoms with Gasteiger partial charge < -0.3 is 20.4 Å². The highest BCUT2D eigenvalue weighted by Crippen LogP contribution is 2.43. The summed E-state index contributed by atoms with van der Waals surface area (Å²) in [7, 11) is 3.34. The lowest BCUT2D eigenvalue weighted by molar-refractivity contribution is 0.0902. The SMILES string of the molecule is C#CC1(NC(=O)c2cccc(-c3cc4c(C(=O)NC)c(-c5ccc(F)cc5)oc4c(C=C)c3NC)c2)CCCCC1. The molecule has 208 valence electrons. The van der Waals surface area contributed by atoms with E-state index in [9.17, 15) is 14.0 Å². The Bertz CT molecular complexity index is 1690. The van der Waals surface area contributed by atoms with Crippen molar-refractivity contribution in [2.75, 3.05) is 19.4 Å². The summed E-state index contributed by atoms with van der Waals surface area (Å²) in [4.78, 5) is 26.6. The van der Waals surface area contributed by atoms with E-state index in [1.54, 1.807) is 38.4 Å². The third kappa shape index (κ3) is 5.09. The number of carbonyl (C=O) groups is 2. The molecule has 41 heavy (non-hydrogen) atoms. The van der Waals surface area contributed by atoms with Gasteiger partial charge in [-0.15, -0.1) is 6.42 Å². The standard InChI is InChI=1S/C34H32FN3O3/c1-5-25-29(36-3)26(22-11-10-12-23(19-22)32(39)38-34(6-2)17-8-7-9-18-34)20-27-28(33(40)37-4)30(41-31(25)27)21-13-15-24(35)16-14-21/h2,5,10-16,19-20,36H,1,7-9,17-18H2,3-4H3,(H,37,40)(H,38,39). The molecular formula is C34H32FN3O3. The Kier molecular flexibility index (Phi) is 7.67. The summed E-state index contributed by atoms with van der Waals surface area (Å²) in [5.41, 5.74) is 4.09. The number of halogens is 1. The highest BCUT2D eigenvalue weighted by atomic mass is 19.1. The maximum absolute atomic E-state index is 13.7. The summed E-state index contributed by atoms with van der Waals surface area (Å²) in [6, 6.07) is 15.0. The molecule has 6 nitrogen and oxygen atoms in total. The van der Waals surface area contributed by atoms with Crippen molar-refractivity contribution >= 4 is 34.5 Å². The number of nitrogens with one attached hydrogen (secondary N) is 3. The summed E-state index contributed by atoms with van der Waals surface area (Å²) >= 11 is 0. The van der Waals surface area contributed by atoms with Gasteiger partial charge in [-0.3, -0.25) is 9.59 Å². The Labute approximate surface area is 239 Å². The number of anilines is 1. The van der Waals surface area contributed by atoms with Crippen molar-refractivity contribution < 1.29 is 18.4 Å². The van der Waals surface area contributed by atoms with Crippen molar-refractivity contribution in [1.29, 1.82) is 0 Å². The maximum atomic E-state index is 13.7. The van der Waals surface area contributed by atoms with Crippen LogP contribution in [0.25, 0.3) is 39.5 Å². The van der Waals surface area contributed by atoms with Crippen LogP contribution in [0.3, 0.4) is 0 Å². The van der Waals surface area contributed by atoms with Crippen molar-refractivity contribution in [2.24, 2.45) is 0 Å². The van der Waals surface area contributed by atoms with Crippen LogP contribution < -0.4 is 16.0 Å². The van der Waals surface area contributed by atoms with Gasteiger partial charge in [0.1, 0.15) is 22.7 Å². The molecule has 0 atom stereocenters. The lowest BCUT2D eigenvalue weighted by Gasteiger charge is -2.33. The van der Waals surface area contributed by atoms with Crippen molar-refractivity contribution in [2.45, 2.75) is 37.6 Å². The zero-order chi connectivity index (χ0) is 29.1. The number of terminal acetylenes is 1. The monoisotopic (exact) mass is 549 g/mol. The van der Waals surface area contributed by atoms with Gasteiger partial charge in [0.25, 0.3) is 11.8 Å². The van der Waals surface area contributed by atoms with Crippen LogP contribution in [0.4, 0.5) is 10.1 Å². The zero-order valence-electron chi connectivity index (χ0n) is 23.2. The van der Waals surface area contributed by atoms with Crippen LogP contribution in [0.15, 0.2) is 65.6 Å². The number of carbonyl (C=O) groups excluding carboxylic acids is 2. The molecule has 0 saturated heterocycles. The number of furan rings is 1. The highest BCUT2D eigenvalue weighted by molar-refractivity contribution is 6.15. The molecule has 1 heterocycles. The quantitative estimate of drug-likeness (QED) is 0.217. The smallest absolute Gasteiger partial charge is 0.255 e. The van der Waals surface area contributed by atoms with Gasteiger partial charge in [-0.1, -0.05) is 50.0 Å². The highest BCUT2D eigenvalue weighted by Gasteiger charge is 2.32. The normalized spacial score (nSPS) is 14.2. The van der Waals surface area contributed by atoms with E-state index in [1.807, 2.05) is 24.3 Å². The fraction of sp³-hybridized carbons (Fsp3) is 0.235. The molecule has 0 spiro atoms. The average Bonchev–Trinajstić information content (AvgIpc) is 3.39. The zero-order valence-corrected chi connectivity index (χ0v) is 23.2. The van der Waals surface area contributed by atoms with Crippen LogP contribution in [-0.2, 0) is 0 Å². The Balaban J connectivity index is 1.67. The summed E-state index contributed by atoms with van der Waals surface area (Å²) in [5, 5.41) is 9.62. The van der Waals surface area contributed by atoms with Gasteiger partial charge in [-0.2, -0.15) is 0 Å². The van der Waals surface area contributed by atoms with E-state index in [2.05, 4.69) is 28.4 Å². The van der Waals surface area contributed by atoms with E-state index in [4.69, 9.17) is 10.8 Å². The molecule has 7 heteroatoms. The number of hydrogen-bond acceptors (Lipinski definition) is 4. The maximum Gasteiger partial charge on any atom is 0.255 e. The molecule has 0 bridgehead atoms. The van der Waals surface area contributed by atoms with E-state index < -0.39 is 11.4 Å². The van der Waals surface area contributed by atoms with Crippen LogP contribution >= 0.6 is 0 Å². The Morgan fingerprint density at radius 2 is 1.76 bits per heavy atom. The predicted molar refractivity (Wildman–Crippen MR) is 162 cm³/mol. The molecule has 0 unspecified atom stereocenters. The fourth-order valence-corrected chi connectivity index (χ4v) is 5.68. The Hall–Kier alpha value is -4.83. The van der Waals surface area contributed by atoms with Crippen molar-refractivity contribution in [1.82, 2.24) is 10.6 Å². The van der Waals surface area contributed by atoms with Crippen LogP contribution in [-0.4, -0.2) is 31.4 Å². The summed E-state index contributed by atoms with van der Waals surface area (Å²) in [6.07, 6.45) is 12.1. The molecule has 0 radical (unpaired) electrons. The number of hydrogen-bond donors (Lipinski definition) is 3. The number of benzene rings is 3. The Morgan fingerprint density at radius 1 is 1.02 bits per heavy atom. The minimum Gasteiger partial charge on any atom is -0.454 e. The van der Waals surface area contributed by atoms with Crippen LogP contribution in [0.5, 0.6) is 0 Å². The first-order valence-corrected chi connectivity index (χ1v) is 13.7. The average molecular weight is 550 g/mol. The number of fused-ring (bicyclic) bond motifs is 1. The van der Waals surface area contributed by atoms with Gasteiger partial charge in [0.2, 0.25) is 0 Å². The second-order valence-electron chi connectivity index (χ2n) is 10.3. The molecule has 1 saturated carbocycles. The molecule has 1 fully saturated rings. The Morgan fingerprint density at radius 3 is 2.39 bits per heavy atom. The minimum absolute atomic E-state index is 0.226. The molecule has 4 aromatic rings. The number of amides is 2. The second kappa shape index (κ2) is 11.3. The third-order valence-electron chi connectivity index (χ3n) is 7.80. The van der Waals surface area contributed by atoms with Crippen molar-refractivity contribution in [3.8, 4) is 34.8 Å². The lowest BCUT2D eigenvalue weighted by Crippen LogP contribution is -2.48. The predicted octanol–water partition coefficient (Wildman–Crippen LogP) is 7.02. The van der Waals surface area contributed by atoms with E-state index in [-0.39, 0.29) is 11.8 Å². The van der Waals surface area contributed by atoms with Gasteiger partial charge in [-0.25, -0.2) is 4.39 Å². The van der Waals surface area contributed by atoms with Gasteiger partial charge >= 0.3 is 0 Å². The molecule has 2 amide bonds. The van der Waals surface area contributed by atoms with Crippen molar-refractivity contribution in [3.05, 3.63) is 83.7 Å². The first-order chi connectivity index (χ1) is 19.8. The van der Waals surface area contributed by atoms with Gasteiger partial charge in [0.15, 0.2) is 0 Å². The largest absolute Gasteiger partial charge is 0.454 e. The third-order valence-corrected chi connectivity index (χ3v) is 7.80. The summed E-state index contributed by atoms with van der Waals surface area (Å²) < 4.78 is 20.0. The second-order valence-corrected chi connectivity index (χ2v) is 10.3. The van der Waals surface area contributed by atoms with Crippen LogP contribution in [0, 0.1) is 18.2 Å². The van der Waals surface area contributed by atoms with Gasteiger partial charge in [0.05, 0.1) is 11.3 Å². The number of rotatable bonds is 7. The first kappa shape index (κ1) is 27.7. The topological polar surface area (TPSA) is 83.4 Å². The minimum atomic E-state index is -0.633. The van der Waals surface area contributed by atoms with E-state index in [0.29, 0.717) is 39.0 Å². The molecule has 3 N–H and O–H groups in total. The molecule has 3 aromatic carbocycles. The van der Waals surface area contributed by atoms with Gasteiger partial charge in [0, 0.05) is 41.7 Å². The van der Waals surface area contributed by atoms with E-state index in [0.717, 1.165) is 48.9 Å². The molecule has 1 aliphatic rings. The molecule has 5 rings (SSSR count). The van der Waals surface area contributed by atoms with Gasteiger partial charge in [-0.05, 0) is 60.9 Å². The molecule has 1 aliphatic carbocycles. The fourth-order valence-electron chi connectivity index (χ4n) is 5.68. The summed E-state index contributed by atoms with van der Waals surface area (Å²) in [5.74, 6) is 2.20. The van der Waals surface area contributed by atoms with Crippen LogP contribution in [0.1, 0.15) is 58.4 Å². The molecular weight excluding hydrogens is 517 g/mol. The molecule has 0 aliphatic heterocycles.